The lowest BCUT2D eigenvalue weighted by molar-refractivity contribution is -0.139. The molecule has 1 aromatic carbocycles. The van der Waals surface area contributed by atoms with Gasteiger partial charge in [-0.2, -0.15) is 0 Å². The third-order valence-corrected chi connectivity index (χ3v) is 2.57. The second-order valence-corrected chi connectivity index (χ2v) is 4.59. The number of carboxylic acids is 1. The van der Waals surface area contributed by atoms with E-state index in [0.29, 0.717) is 18.0 Å². The lowest BCUT2D eigenvalue weighted by Crippen LogP contribution is -2.33. The molecule has 0 aliphatic heterocycles. The summed E-state index contributed by atoms with van der Waals surface area (Å²) in [6.45, 7) is 5.97. The van der Waals surface area contributed by atoms with E-state index in [1.807, 2.05) is 32.0 Å². The minimum atomic E-state index is -0.869. The van der Waals surface area contributed by atoms with Gasteiger partial charge in [0.15, 0.2) is 11.5 Å². The average molecular weight is 267 g/mol. The Morgan fingerprint density at radius 2 is 2.00 bits per heavy atom. The summed E-state index contributed by atoms with van der Waals surface area (Å²) in [5.74, 6) is 0.468. The van der Waals surface area contributed by atoms with Gasteiger partial charge < -0.3 is 19.9 Å². The number of carboxylic acid groups (broad SMARTS) is 1. The van der Waals surface area contributed by atoms with Crippen LogP contribution in [0, 0.1) is 0 Å². The number of hydrogen-bond acceptors (Lipinski definition) is 4. The van der Waals surface area contributed by atoms with E-state index in [0.717, 1.165) is 5.56 Å². The van der Waals surface area contributed by atoms with Crippen LogP contribution in [0.1, 0.15) is 26.3 Å². The van der Waals surface area contributed by atoms with Crippen LogP contribution in [0.25, 0.3) is 0 Å². The fourth-order valence-electron chi connectivity index (χ4n) is 1.53. The first-order chi connectivity index (χ1) is 8.93. The Bertz CT molecular complexity index is 431. The molecule has 1 aromatic rings. The Hall–Kier alpha value is -1.75. The molecule has 0 heterocycles. The first-order valence-electron chi connectivity index (χ1n) is 6.23. The molecule has 0 spiro atoms. The van der Waals surface area contributed by atoms with Gasteiger partial charge in [-0.15, -0.1) is 0 Å². The van der Waals surface area contributed by atoms with Crippen LogP contribution < -0.4 is 14.8 Å². The van der Waals surface area contributed by atoms with Crippen molar-refractivity contribution in [2.75, 3.05) is 7.11 Å². The van der Waals surface area contributed by atoms with Gasteiger partial charge in [0.25, 0.3) is 0 Å². The van der Waals surface area contributed by atoms with Gasteiger partial charge in [0, 0.05) is 6.54 Å². The number of ether oxygens (including phenoxy) is 2. The van der Waals surface area contributed by atoms with Crippen molar-refractivity contribution in [1.29, 1.82) is 0 Å². The largest absolute Gasteiger partial charge is 0.493 e. The summed E-state index contributed by atoms with van der Waals surface area (Å²) in [7, 11) is 1.58. The summed E-state index contributed by atoms with van der Waals surface area (Å²) in [4.78, 5) is 10.7. The number of rotatable bonds is 7. The van der Waals surface area contributed by atoms with E-state index in [1.54, 1.807) is 14.0 Å². The van der Waals surface area contributed by atoms with Gasteiger partial charge in [-0.25, -0.2) is 0 Å². The molecular weight excluding hydrogens is 246 g/mol. The van der Waals surface area contributed by atoms with Crippen LogP contribution in [0.2, 0.25) is 0 Å². The van der Waals surface area contributed by atoms with E-state index in [1.165, 1.54) is 0 Å². The van der Waals surface area contributed by atoms with Crippen LogP contribution in [0.3, 0.4) is 0 Å². The van der Waals surface area contributed by atoms with E-state index in [-0.39, 0.29) is 6.10 Å². The Labute approximate surface area is 113 Å². The molecule has 5 heteroatoms. The zero-order valence-corrected chi connectivity index (χ0v) is 11.8. The third-order valence-electron chi connectivity index (χ3n) is 2.57. The molecule has 0 saturated heterocycles. The minimum Gasteiger partial charge on any atom is -0.493 e. The van der Waals surface area contributed by atoms with Crippen LogP contribution >= 0.6 is 0 Å². The highest BCUT2D eigenvalue weighted by atomic mass is 16.5. The topological polar surface area (TPSA) is 67.8 Å². The van der Waals surface area contributed by atoms with Crippen molar-refractivity contribution in [3.63, 3.8) is 0 Å². The SMILES string of the molecule is COc1cc(CNC(C)C(=O)O)ccc1OC(C)C. The standard InChI is InChI=1S/C14H21NO4/c1-9(2)19-12-6-5-11(7-13(12)18-4)8-15-10(3)14(16)17/h5-7,9-10,15H,8H2,1-4H3,(H,16,17). The quantitative estimate of drug-likeness (QED) is 0.791. The van der Waals surface area contributed by atoms with Gasteiger partial charge in [-0.1, -0.05) is 6.07 Å². The molecule has 2 N–H and O–H groups in total. The molecule has 5 nitrogen and oxygen atoms in total. The summed E-state index contributed by atoms with van der Waals surface area (Å²) in [6.07, 6.45) is 0.0740. The first kappa shape index (κ1) is 15.3. The first-order valence-corrected chi connectivity index (χ1v) is 6.23. The van der Waals surface area contributed by atoms with Gasteiger partial charge >= 0.3 is 5.97 Å². The molecule has 0 amide bonds. The van der Waals surface area contributed by atoms with Crippen LogP contribution in [-0.4, -0.2) is 30.3 Å². The number of benzene rings is 1. The van der Waals surface area contributed by atoms with Crippen LogP contribution in [0.4, 0.5) is 0 Å². The van der Waals surface area contributed by atoms with Crippen molar-refractivity contribution in [2.45, 2.75) is 39.5 Å². The van der Waals surface area contributed by atoms with Crippen molar-refractivity contribution in [3.05, 3.63) is 23.8 Å². The second-order valence-electron chi connectivity index (χ2n) is 4.59. The molecule has 0 saturated carbocycles. The van der Waals surface area contributed by atoms with E-state index in [4.69, 9.17) is 14.6 Å². The number of nitrogens with one attached hydrogen (secondary N) is 1. The molecule has 0 radical (unpaired) electrons. The number of hydrogen-bond donors (Lipinski definition) is 2. The fraction of sp³-hybridized carbons (Fsp3) is 0.500. The Morgan fingerprint density at radius 1 is 1.32 bits per heavy atom. The molecule has 1 atom stereocenters. The van der Waals surface area contributed by atoms with Gasteiger partial charge in [-0.3, -0.25) is 4.79 Å². The van der Waals surface area contributed by atoms with Gasteiger partial charge in [0.2, 0.25) is 0 Å². The molecular formula is C14H21NO4. The molecule has 0 fully saturated rings. The lowest BCUT2D eigenvalue weighted by Gasteiger charge is -2.15. The van der Waals surface area contributed by atoms with Crippen LogP contribution in [0.5, 0.6) is 11.5 Å². The lowest BCUT2D eigenvalue weighted by atomic mass is 10.2. The van der Waals surface area contributed by atoms with Gasteiger partial charge in [0.05, 0.1) is 13.2 Å². The second kappa shape index (κ2) is 6.99. The summed E-state index contributed by atoms with van der Waals surface area (Å²) in [5, 5.41) is 11.7. The van der Waals surface area contributed by atoms with Crippen LogP contribution in [0.15, 0.2) is 18.2 Å². The normalized spacial score (nSPS) is 12.3. The molecule has 106 valence electrons. The maximum atomic E-state index is 10.7. The maximum Gasteiger partial charge on any atom is 0.320 e. The van der Waals surface area contributed by atoms with Crippen molar-refractivity contribution >= 4 is 5.97 Å². The predicted octanol–water partition coefficient (Wildman–Crippen LogP) is 2.05. The Balaban J connectivity index is 2.73. The Kier molecular flexibility index (Phi) is 5.63. The van der Waals surface area contributed by atoms with E-state index < -0.39 is 12.0 Å². The van der Waals surface area contributed by atoms with Crippen molar-refractivity contribution in [2.24, 2.45) is 0 Å². The number of methoxy groups -OCH3 is 1. The highest BCUT2D eigenvalue weighted by Gasteiger charge is 2.11. The maximum absolute atomic E-state index is 10.7. The smallest absolute Gasteiger partial charge is 0.320 e. The summed E-state index contributed by atoms with van der Waals surface area (Å²) < 4.78 is 10.9. The zero-order valence-electron chi connectivity index (χ0n) is 11.8. The summed E-state index contributed by atoms with van der Waals surface area (Å²) in [5.41, 5.74) is 0.945. The summed E-state index contributed by atoms with van der Waals surface area (Å²) >= 11 is 0. The number of aliphatic carboxylic acids is 1. The fourth-order valence-corrected chi connectivity index (χ4v) is 1.53. The molecule has 0 aliphatic carbocycles. The molecule has 1 unspecified atom stereocenters. The minimum absolute atomic E-state index is 0.0740. The third kappa shape index (κ3) is 4.79. The van der Waals surface area contributed by atoms with E-state index in [9.17, 15) is 4.79 Å². The molecule has 1 rings (SSSR count). The van der Waals surface area contributed by atoms with E-state index in [2.05, 4.69) is 5.32 Å². The van der Waals surface area contributed by atoms with Crippen molar-refractivity contribution in [3.8, 4) is 11.5 Å². The molecule has 0 aromatic heterocycles. The summed E-state index contributed by atoms with van der Waals surface area (Å²) in [6, 6.07) is 4.99. The molecule has 19 heavy (non-hydrogen) atoms. The highest BCUT2D eigenvalue weighted by molar-refractivity contribution is 5.72. The van der Waals surface area contributed by atoms with Crippen molar-refractivity contribution < 1.29 is 19.4 Å². The van der Waals surface area contributed by atoms with Crippen molar-refractivity contribution in [1.82, 2.24) is 5.32 Å². The van der Waals surface area contributed by atoms with Gasteiger partial charge in [0.1, 0.15) is 6.04 Å². The Morgan fingerprint density at radius 3 is 2.53 bits per heavy atom. The predicted molar refractivity (Wildman–Crippen MR) is 72.7 cm³/mol. The molecule has 0 bridgehead atoms. The van der Waals surface area contributed by atoms with Crippen LogP contribution in [-0.2, 0) is 11.3 Å². The zero-order chi connectivity index (χ0) is 14.4. The molecule has 0 aliphatic rings. The highest BCUT2D eigenvalue weighted by Crippen LogP contribution is 2.28. The van der Waals surface area contributed by atoms with Gasteiger partial charge in [-0.05, 0) is 38.5 Å². The monoisotopic (exact) mass is 267 g/mol. The van der Waals surface area contributed by atoms with E-state index >= 15 is 0 Å². The average Bonchev–Trinajstić information content (AvgIpc) is 2.36. The number of carbonyl (C=O) groups is 1.